The number of benzene rings is 2. The molecule has 0 radical (unpaired) electrons. The molecule has 5 heteroatoms. The first-order valence-electron chi connectivity index (χ1n) is 8.68. The number of hydrogen-bond donors (Lipinski definition) is 2. The van der Waals surface area contributed by atoms with Gasteiger partial charge in [0.2, 0.25) is 5.91 Å². The van der Waals surface area contributed by atoms with Crippen molar-refractivity contribution < 1.29 is 14.7 Å². The molecule has 0 unspecified atom stereocenters. The van der Waals surface area contributed by atoms with E-state index in [1.54, 1.807) is 0 Å². The molecule has 4 nitrogen and oxygen atoms in total. The Morgan fingerprint density at radius 2 is 1.81 bits per heavy atom. The van der Waals surface area contributed by atoms with Crippen LogP contribution in [0.4, 0.5) is 5.69 Å². The van der Waals surface area contributed by atoms with Crippen LogP contribution < -0.4 is 5.32 Å². The Balaban J connectivity index is 1.70. The molecule has 0 bridgehead atoms. The maximum absolute atomic E-state index is 12.9. The molecule has 1 fully saturated rings. The quantitative estimate of drug-likeness (QED) is 0.764. The van der Waals surface area contributed by atoms with Crippen LogP contribution in [-0.2, 0) is 20.8 Å². The van der Waals surface area contributed by atoms with Gasteiger partial charge in [0.15, 0.2) is 0 Å². The van der Waals surface area contributed by atoms with Crippen LogP contribution in [0, 0.1) is 13.8 Å². The highest BCUT2D eigenvalue weighted by molar-refractivity contribution is 7.99. The average molecular weight is 369 g/mol. The van der Waals surface area contributed by atoms with Crippen LogP contribution in [0.15, 0.2) is 42.5 Å². The summed E-state index contributed by atoms with van der Waals surface area (Å²) in [7, 11) is 0. The number of nitrogens with one attached hydrogen (secondary N) is 1. The summed E-state index contributed by atoms with van der Waals surface area (Å²) in [6, 6.07) is 14.0. The van der Waals surface area contributed by atoms with E-state index in [9.17, 15) is 9.59 Å². The van der Waals surface area contributed by atoms with Crippen LogP contribution in [-0.4, -0.2) is 22.7 Å². The zero-order valence-corrected chi connectivity index (χ0v) is 15.9. The monoisotopic (exact) mass is 369 g/mol. The van der Waals surface area contributed by atoms with E-state index in [1.165, 1.54) is 22.9 Å². The Morgan fingerprint density at radius 3 is 2.42 bits per heavy atom. The van der Waals surface area contributed by atoms with Crippen LogP contribution in [0.3, 0.4) is 0 Å². The van der Waals surface area contributed by atoms with E-state index < -0.39 is 11.4 Å². The summed E-state index contributed by atoms with van der Waals surface area (Å²) in [6.45, 7) is 4.12. The number of carboxylic acids is 1. The maximum Gasteiger partial charge on any atom is 0.313 e. The predicted octanol–water partition coefficient (Wildman–Crippen LogP) is 4.29. The lowest BCUT2D eigenvalue weighted by Gasteiger charge is -2.17. The highest BCUT2D eigenvalue weighted by atomic mass is 32.2. The summed E-state index contributed by atoms with van der Waals surface area (Å²) in [5.41, 5.74) is 4.81. The molecule has 3 rings (SSSR count). The summed E-state index contributed by atoms with van der Waals surface area (Å²) in [5.74, 6) is -0.0913. The lowest BCUT2D eigenvalue weighted by Crippen LogP contribution is -2.28. The standard InChI is InChI=1S/C21H23NO3S/c1-14-8-15(2)10-17(9-14)21(6-7-21)20(25)22-18-5-3-4-16(11-18)12-26-13-19(23)24/h3-5,8-11H,6-7,12-13H2,1-2H3,(H,22,25)(H,23,24). The van der Waals surface area contributed by atoms with E-state index in [-0.39, 0.29) is 11.7 Å². The molecule has 0 heterocycles. The van der Waals surface area contributed by atoms with Crippen molar-refractivity contribution in [1.82, 2.24) is 0 Å². The molecule has 26 heavy (non-hydrogen) atoms. The minimum absolute atomic E-state index is 0.0397. The molecule has 0 saturated heterocycles. The van der Waals surface area contributed by atoms with Crippen molar-refractivity contribution in [3.8, 4) is 0 Å². The topological polar surface area (TPSA) is 66.4 Å². The Labute approximate surface area is 158 Å². The highest BCUT2D eigenvalue weighted by Gasteiger charge is 2.51. The smallest absolute Gasteiger partial charge is 0.313 e. The van der Waals surface area contributed by atoms with E-state index in [1.807, 2.05) is 24.3 Å². The fourth-order valence-electron chi connectivity index (χ4n) is 3.27. The van der Waals surface area contributed by atoms with Gasteiger partial charge in [-0.25, -0.2) is 0 Å². The second-order valence-electron chi connectivity index (χ2n) is 7.00. The first-order chi connectivity index (χ1) is 12.4. The molecular weight excluding hydrogens is 346 g/mol. The molecular formula is C21H23NO3S. The average Bonchev–Trinajstić information content (AvgIpc) is 3.36. The molecule has 2 aromatic rings. The number of rotatable bonds is 7. The van der Waals surface area contributed by atoms with Crippen molar-refractivity contribution in [1.29, 1.82) is 0 Å². The van der Waals surface area contributed by atoms with Gasteiger partial charge in [0, 0.05) is 11.4 Å². The van der Waals surface area contributed by atoms with Crippen molar-refractivity contribution in [2.75, 3.05) is 11.1 Å². The SMILES string of the molecule is Cc1cc(C)cc(C2(C(=O)Nc3cccc(CSCC(=O)O)c3)CC2)c1. The number of carboxylic acid groups (broad SMARTS) is 1. The third-order valence-corrected chi connectivity index (χ3v) is 5.63. The van der Waals surface area contributed by atoms with E-state index in [4.69, 9.17) is 5.11 Å². The van der Waals surface area contributed by atoms with Crippen LogP contribution >= 0.6 is 11.8 Å². The Morgan fingerprint density at radius 1 is 1.12 bits per heavy atom. The molecule has 136 valence electrons. The Bertz CT molecular complexity index is 823. The zero-order chi connectivity index (χ0) is 18.7. The highest BCUT2D eigenvalue weighted by Crippen LogP contribution is 2.49. The number of anilines is 1. The lowest BCUT2D eigenvalue weighted by atomic mass is 9.92. The minimum atomic E-state index is -0.816. The molecule has 0 atom stereocenters. The van der Waals surface area contributed by atoms with E-state index in [0.29, 0.717) is 5.75 Å². The molecule has 2 aromatic carbocycles. The number of aliphatic carboxylic acids is 1. The lowest BCUT2D eigenvalue weighted by molar-refractivity contribution is -0.133. The molecule has 0 aliphatic heterocycles. The molecule has 2 N–H and O–H groups in total. The van der Waals surface area contributed by atoms with Crippen molar-refractivity contribution >= 4 is 29.3 Å². The second-order valence-corrected chi connectivity index (χ2v) is 7.99. The summed E-state index contributed by atoms with van der Waals surface area (Å²) in [6.07, 6.45) is 1.74. The molecule has 0 aromatic heterocycles. The van der Waals surface area contributed by atoms with Crippen molar-refractivity contribution in [2.24, 2.45) is 0 Å². The first kappa shape index (κ1) is 18.5. The van der Waals surface area contributed by atoms with Crippen LogP contribution in [0.25, 0.3) is 0 Å². The number of carbonyl (C=O) groups excluding carboxylic acids is 1. The van der Waals surface area contributed by atoms with Gasteiger partial charge in [0.1, 0.15) is 0 Å². The second kappa shape index (κ2) is 7.54. The number of hydrogen-bond acceptors (Lipinski definition) is 3. The maximum atomic E-state index is 12.9. The minimum Gasteiger partial charge on any atom is -0.481 e. The van der Waals surface area contributed by atoms with Gasteiger partial charge in [0.25, 0.3) is 0 Å². The van der Waals surface area contributed by atoms with Crippen LogP contribution in [0.1, 0.15) is 35.1 Å². The van der Waals surface area contributed by atoms with Gasteiger partial charge in [-0.3, -0.25) is 9.59 Å². The van der Waals surface area contributed by atoms with Gasteiger partial charge in [-0.1, -0.05) is 41.5 Å². The van der Waals surface area contributed by atoms with Gasteiger partial charge < -0.3 is 10.4 Å². The Hall–Kier alpha value is -2.27. The normalized spacial score (nSPS) is 14.7. The van der Waals surface area contributed by atoms with Crippen LogP contribution in [0.5, 0.6) is 0 Å². The molecule has 1 aliphatic rings. The fourth-order valence-corrected chi connectivity index (χ4v) is 3.96. The summed E-state index contributed by atoms with van der Waals surface area (Å²) < 4.78 is 0. The van der Waals surface area contributed by atoms with Gasteiger partial charge in [0.05, 0.1) is 11.2 Å². The van der Waals surface area contributed by atoms with Gasteiger partial charge in [-0.2, -0.15) is 0 Å². The van der Waals surface area contributed by atoms with E-state index in [0.717, 1.165) is 29.7 Å². The first-order valence-corrected chi connectivity index (χ1v) is 9.83. The summed E-state index contributed by atoms with van der Waals surface area (Å²) in [4.78, 5) is 23.6. The van der Waals surface area contributed by atoms with Gasteiger partial charge in [-0.15, -0.1) is 11.8 Å². The third-order valence-electron chi connectivity index (χ3n) is 4.64. The van der Waals surface area contributed by atoms with Crippen molar-refractivity contribution in [3.05, 3.63) is 64.7 Å². The van der Waals surface area contributed by atoms with E-state index in [2.05, 4.69) is 37.4 Å². The van der Waals surface area contributed by atoms with Gasteiger partial charge >= 0.3 is 5.97 Å². The van der Waals surface area contributed by atoms with Gasteiger partial charge in [-0.05, 0) is 49.9 Å². The fraction of sp³-hybridized carbons (Fsp3) is 0.333. The predicted molar refractivity (Wildman–Crippen MR) is 106 cm³/mol. The largest absolute Gasteiger partial charge is 0.481 e. The van der Waals surface area contributed by atoms with Crippen molar-refractivity contribution in [3.63, 3.8) is 0 Å². The number of amides is 1. The zero-order valence-electron chi connectivity index (χ0n) is 15.0. The molecule has 1 aliphatic carbocycles. The number of carbonyl (C=O) groups is 2. The molecule has 0 spiro atoms. The number of aryl methyl sites for hydroxylation is 2. The Kier molecular flexibility index (Phi) is 5.37. The molecule has 1 amide bonds. The summed E-state index contributed by atoms with van der Waals surface area (Å²) in [5, 5.41) is 11.8. The summed E-state index contributed by atoms with van der Waals surface area (Å²) >= 11 is 1.35. The number of thioether (sulfide) groups is 1. The van der Waals surface area contributed by atoms with Crippen LogP contribution in [0.2, 0.25) is 0 Å². The third kappa shape index (κ3) is 4.28. The van der Waals surface area contributed by atoms with E-state index >= 15 is 0 Å². The molecule has 1 saturated carbocycles. The van der Waals surface area contributed by atoms with Crippen molar-refractivity contribution in [2.45, 2.75) is 37.9 Å².